The molecule has 2 aromatic carbocycles. The number of likely N-dealkylation sites (tertiary alicyclic amines) is 1. The van der Waals surface area contributed by atoms with Crippen LogP contribution in [0.25, 0.3) is 0 Å². The van der Waals surface area contributed by atoms with Gasteiger partial charge in [-0.25, -0.2) is 5.43 Å². The Kier molecular flexibility index (Phi) is 11.7. The molecule has 0 spiro atoms. The maximum atomic E-state index is 13.5. The van der Waals surface area contributed by atoms with Gasteiger partial charge in [0, 0.05) is 82.5 Å². The smallest absolute Gasteiger partial charge is 0.265 e. The number of nitrogens with one attached hydrogen (secondary N) is 3. The normalized spacial score (nSPS) is 21.9. The van der Waals surface area contributed by atoms with Crippen molar-refractivity contribution in [3.63, 3.8) is 0 Å². The van der Waals surface area contributed by atoms with Crippen LogP contribution in [0.1, 0.15) is 89.4 Å². The van der Waals surface area contributed by atoms with E-state index in [1.807, 2.05) is 18.2 Å². The molecule has 5 aliphatic heterocycles. The number of benzene rings is 2. The molecule has 0 bridgehead atoms. The molecule has 7 rings (SSSR count). The van der Waals surface area contributed by atoms with Gasteiger partial charge in [0.1, 0.15) is 6.04 Å². The van der Waals surface area contributed by atoms with E-state index < -0.39 is 23.8 Å². The standard InChI is InChI=1S/C40H54N8O5/c1-2-3-4-5-17-41-43-37(50)30-9-11-31(12-10-30)46-22-20-45(21-23-46)24-28-15-18-44(19-16-28)25-29-26-47(27-29)33-8-6-7-32-36(33)40(53)48(39(32)52)34-13-14-35(49)42-38(34)51/h6-12,28-29,34,41H,2-5,13-27H2,1H3,(H,43,50)(H,42,49,51). The molecule has 0 aromatic heterocycles. The minimum atomic E-state index is -0.956. The zero-order chi connectivity index (χ0) is 36.9. The van der Waals surface area contributed by atoms with Crippen LogP contribution < -0.4 is 26.0 Å². The van der Waals surface area contributed by atoms with Crippen LogP contribution in [0.2, 0.25) is 0 Å². The largest absolute Gasteiger partial charge is 0.370 e. The van der Waals surface area contributed by atoms with Crippen molar-refractivity contribution in [3.05, 3.63) is 59.2 Å². The summed E-state index contributed by atoms with van der Waals surface area (Å²) in [7, 11) is 0. The summed E-state index contributed by atoms with van der Waals surface area (Å²) < 4.78 is 0. The molecule has 0 radical (unpaired) electrons. The van der Waals surface area contributed by atoms with Gasteiger partial charge in [-0.1, -0.05) is 32.3 Å². The van der Waals surface area contributed by atoms with Gasteiger partial charge in [0.25, 0.3) is 17.7 Å². The SMILES string of the molecule is CCCCCCNNC(=O)c1ccc(N2CCN(CC3CCN(CC4CN(c5cccc6c5C(=O)N(C5CCC(=O)NC5=O)C6=O)C4)CC3)CC2)cc1. The Balaban J connectivity index is 0.803. The number of hydrazine groups is 1. The predicted molar refractivity (Wildman–Crippen MR) is 203 cm³/mol. The lowest BCUT2D eigenvalue weighted by Gasteiger charge is -2.45. The fourth-order valence-corrected chi connectivity index (χ4v) is 8.59. The van der Waals surface area contributed by atoms with Crippen molar-refractivity contribution in [1.82, 2.24) is 30.9 Å². The highest BCUT2D eigenvalue weighted by Gasteiger charge is 2.47. The Labute approximate surface area is 312 Å². The molecule has 5 heterocycles. The number of anilines is 2. The van der Waals surface area contributed by atoms with E-state index in [9.17, 15) is 24.0 Å². The molecule has 4 saturated heterocycles. The highest BCUT2D eigenvalue weighted by Crippen LogP contribution is 2.37. The summed E-state index contributed by atoms with van der Waals surface area (Å²) >= 11 is 0. The molecule has 5 aliphatic rings. The first-order chi connectivity index (χ1) is 25.8. The second-order valence-electron chi connectivity index (χ2n) is 15.4. The van der Waals surface area contributed by atoms with Gasteiger partial charge in [0.2, 0.25) is 11.8 Å². The molecule has 13 heteroatoms. The number of carbonyl (C=O) groups excluding carboxylic acids is 5. The summed E-state index contributed by atoms with van der Waals surface area (Å²) in [5, 5.41) is 2.27. The Morgan fingerprint density at radius 3 is 2.21 bits per heavy atom. The van der Waals surface area contributed by atoms with Crippen LogP contribution in [0.5, 0.6) is 0 Å². The Bertz CT molecular complexity index is 1660. The van der Waals surface area contributed by atoms with E-state index in [1.54, 1.807) is 12.1 Å². The Hall–Kier alpha value is -4.33. The van der Waals surface area contributed by atoms with Gasteiger partial charge in [-0.3, -0.25) is 44.5 Å². The Morgan fingerprint density at radius 1 is 0.774 bits per heavy atom. The van der Waals surface area contributed by atoms with Gasteiger partial charge >= 0.3 is 0 Å². The van der Waals surface area contributed by atoms with Crippen molar-refractivity contribution in [1.29, 1.82) is 0 Å². The van der Waals surface area contributed by atoms with Crippen molar-refractivity contribution >= 4 is 40.9 Å². The van der Waals surface area contributed by atoms with Crippen molar-refractivity contribution < 1.29 is 24.0 Å². The number of imide groups is 2. The fourth-order valence-electron chi connectivity index (χ4n) is 8.59. The van der Waals surface area contributed by atoms with Gasteiger partial charge < -0.3 is 14.7 Å². The first-order valence-corrected chi connectivity index (χ1v) is 19.7. The minimum absolute atomic E-state index is 0.0920. The summed E-state index contributed by atoms with van der Waals surface area (Å²) in [5.41, 5.74) is 9.17. The molecule has 13 nitrogen and oxygen atoms in total. The third-order valence-electron chi connectivity index (χ3n) is 11.7. The van der Waals surface area contributed by atoms with Crippen molar-refractivity contribution in [2.75, 3.05) is 81.8 Å². The van der Waals surface area contributed by atoms with Crippen LogP contribution in [0.4, 0.5) is 11.4 Å². The zero-order valence-electron chi connectivity index (χ0n) is 31.0. The van der Waals surface area contributed by atoms with Crippen LogP contribution in [-0.4, -0.2) is 122 Å². The summed E-state index contributed by atoms with van der Waals surface area (Å²) in [6, 6.07) is 12.4. The van der Waals surface area contributed by atoms with E-state index in [0.717, 1.165) is 89.0 Å². The molecule has 4 fully saturated rings. The summed E-state index contributed by atoms with van der Waals surface area (Å²) in [5.74, 6) is -0.764. The third kappa shape index (κ3) is 8.42. The first kappa shape index (κ1) is 37.0. The highest BCUT2D eigenvalue weighted by atomic mass is 16.2. The molecule has 284 valence electrons. The van der Waals surface area contributed by atoms with Gasteiger partial charge in [0.15, 0.2) is 0 Å². The second kappa shape index (κ2) is 16.8. The van der Waals surface area contributed by atoms with E-state index in [-0.39, 0.29) is 24.7 Å². The molecular formula is C40H54N8O5. The maximum Gasteiger partial charge on any atom is 0.265 e. The van der Waals surface area contributed by atoms with Crippen LogP contribution in [0.3, 0.4) is 0 Å². The summed E-state index contributed by atoms with van der Waals surface area (Å²) in [4.78, 5) is 74.2. The minimum Gasteiger partial charge on any atom is -0.370 e. The van der Waals surface area contributed by atoms with Gasteiger partial charge in [-0.05, 0) is 81.1 Å². The maximum absolute atomic E-state index is 13.5. The van der Waals surface area contributed by atoms with Gasteiger partial charge in [-0.2, -0.15) is 0 Å². The number of carbonyl (C=O) groups is 5. The number of hydrogen-bond acceptors (Lipinski definition) is 10. The average Bonchev–Trinajstić information content (AvgIpc) is 3.41. The van der Waals surface area contributed by atoms with Crippen LogP contribution in [-0.2, 0) is 9.59 Å². The number of rotatable bonds is 14. The van der Waals surface area contributed by atoms with Crippen molar-refractivity contribution in [3.8, 4) is 0 Å². The number of piperidine rings is 2. The third-order valence-corrected chi connectivity index (χ3v) is 11.7. The number of fused-ring (bicyclic) bond motifs is 1. The zero-order valence-corrected chi connectivity index (χ0v) is 31.0. The highest BCUT2D eigenvalue weighted by molar-refractivity contribution is 6.25. The van der Waals surface area contributed by atoms with Crippen molar-refractivity contribution in [2.45, 2.75) is 64.3 Å². The molecular weight excluding hydrogens is 672 g/mol. The van der Waals surface area contributed by atoms with E-state index in [4.69, 9.17) is 0 Å². The Morgan fingerprint density at radius 2 is 1.49 bits per heavy atom. The predicted octanol–water partition coefficient (Wildman–Crippen LogP) is 2.87. The average molecular weight is 727 g/mol. The molecule has 2 aromatic rings. The second-order valence-corrected chi connectivity index (χ2v) is 15.4. The van der Waals surface area contributed by atoms with Crippen LogP contribution >= 0.6 is 0 Å². The van der Waals surface area contributed by atoms with E-state index in [1.165, 1.54) is 37.8 Å². The summed E-state index contributed by atoms with van der Waals surface area (Å²) in [6.07, 6.45) is 7.33. The van der Waals surface area contributed by atoms with Crippen LogP contribution in [0, 0.1) is 11.8 Å². The molecule has 1 atom stereocenters. The number of amides is 5. The van der Waals surface area contributed by atoms with Gasteiger partial charge in [-0.15, -0.1) is 0 Å². The number of unbranched alkanes of at least 4 members (excludes halogenated alkanes) is 3. The molecule has 0 aliphatic carbocycles. The molecule has 1 unspecified atom stereocenters. The van der Waals surface area contributed by atoms with Crippen molar-refractivity contribution in [2.24, 2.45) is 11.8 Å². The number of hydrogen-bond donors (Lipinski definition) is 3. The van der Waals surface area contributed by atoms with Gasteiger partial charge in [0.05, 0.1) is 16.8 Å². The lowest BCUT2D eigenvalue weighted by atomic mass is 9.92. The topological polar surface area (TPSA) is 138 Å². The number of nitrogens with zero attached hydrogens (tertiary/aromatic N) is 5. The monoisotopic (exact) mass is 726 g/mol. The van der Waals surface area contributed by atoms with Crippen LogP contribution in [0.15, 0.2) is 42.5 Å². The summed E-state index contributed by atoms with van der Waals surface area (Å²) in [6.45, 7) is 13.1. The fraction of sp³-hybridized carbons (Fsp3) is 0.575. The molecule has 5 amide bonds. The van der Waals surface area contributed by atoms with E-state index >= 15 is 0 Å². The first-order valence-electron chi connectivity index (χ1n) is 19.7. The number of piperazine rings is 1. The molecule has 53 heavy (non-hydrogen) atoms. The molecule has 3 N–H and O–H groups in total. The lowest BCUT2D eigenvalue weighted by molar-refractivity contribution is -0.136. The quantitative estimate of drug-likeness (QED) is 0.152. The molecule has 0 saturated carbocycles. The lowest BCUT2D eigenvalue weighted by Crippen LogP contribution is -2.54. The van der Waals surface area contributed by atoms with E-state index in [0.29, 0.717) is 28.5 Å². The van der Waals surface area contributed by atoms with E-state index in [2.05, 4.69) is 54.8 Å².